The molecular weight excluding hydrogens is 512 g/mol. The third-order valence-electron chi connectivity index (χ3n) is 6.31. The van der Waals surface area contributed by atoms with Crippen molar-refractivity contribution in [1.82, 2.24) is 0 Å². The van der Waals surface area contributed by atoms with E-state index >= 15 is 0 Å². The van der Waals surface area contributed by atoms with Gasteiger partial charge in [0.1, 0.15) is 0 Å². The van der Waals surface area contributed by atoms with Crippen LogP contribution in [-0.2, 0) is 0 Å². The molecule has 0 fully saturated rings. The molecule has 2 N–H and O–H groups in total. The van der Waals surface area contributed by atoms with Gasteiger partial charge in [0, 0.05) is 0 Å². The van der Waals surface area contributed by atoms with Gasteiger partial charge in [-0.1, -0.05) is 154 Å². The van der Waals surface area contributed by atoms with Crippen molar-refractivity contribution >= 4 is 0 Å². The highest BCUT2D eigenvalue weighted by atomic mass is 16.3. The molecule has 0 radical (unpaired) electrons. The Bertz CT molecular complexity index is 1100. The minimum atomic E-state index is 0.141. The van der Waals surface area contributed by atoms with Crippen LogP contribution in [0.5, 0.6) is 0 Å². The number of hydrogen-bond acceptors (Lipinski definition) is 2. The highest BCUT2D eigenvalue weighted by Gasteiger charge is 1.90. The molecule has 0 aliphatic heterocycles. The van der Waals surface area contributed by atoms with Crippen molar-refractivity contribution in [3.05, 3.63) is 154 Å². The van der Waals surface area contributed by atoms with Crippen LogP contribution in [0.3, 0.4) is 0 Å². The van der Waals surface area contributed by atoms with Crippen molar-refractivity contribution in [3.63, 3.8) is 0 Å². The van der Waals surface area contributed by atoms with E-state index in [1.807, 2.05) is 13.8 Å². The Morgan fingerprint density at radius 2 is 0.667 bits per heavy atom. The summed E-state index contributed by atoms with van der Waals surface area (Å²) in [7, 11) is 0. The lowest BCUT2D eigenvalue weighted by atomic mass is 10.1. The normalized spacial score (nSPS) is 16.1. The largest absolute Gasteiger partial charge is 0.392 e. The smallest absolute Gasteiger partial charge is 0.0639 e. The second kappa shape index (κ2) is 25.3. The van der Waals surface area contributed by atoms with Gasteiger partial charge in [-0.25, -0.2) is 0 Å². The van der Waals surface area contributed by atoms with E-state index in [0.29, 0.717) is 0 Å². The van der Waals surface area contributed by atoms with Gasteiger partial charge in [0.25, 0.3) is 0 Å². The Balaban J connectivity index is 4.70. The van der Waals surface area contributed by atoms with Crippen molar-refractivity contribution in [2.45, 2.75) is 81.1 Å². The Labute approximate surface area is 258 Å². The van der Waals surface area contributed by atoms with Crippen LogP contribution in [0.15, 0.2) is 154 Å². The van der Waals surface area contributed by atoms with Crippen LogP contribution in [0.4, 0.5) is 0 Å². The predicted octanol–water partition coefficient (Wildman–Crippen LogP) is 10.9. The van der Waals surface area contributed by atoms with Crippen LogP contribution in [-0.4, -0.2) is 23.4 Å². The lowest BCUT2D eigenvalue weighted by molar-refractivity contribution is 0.330. The van der Waals surface area contributed by atoms with E-state index in [2.05, 4.69) is 151 Å². The predicted molar refractivity (Wildman–Crippen MR) is 188 cm³/mol. The molecule has 0 saturated carbocycles. The summed E-state index contributed by atoms with van der Waals surface area (Å²) in [6.07, 6.45) is 41.9. The highest BCUT2D eigenvalue weighted by molar-refractivity contribution is 5.32. The van der Waals surface area contributed by atoms with Crippen LogP contribution in [0.2, 0.25) is 0 Å². The monoisotopic (exact) mass is 568 g/mol. The summed E-state index contributed by atoms with van der Waals surface area (Å²) < 4.78 is 0. The molecular formula is C40H56O2. The molecule has 42 heavy (non-hydrogen) atoms. The molecule has 0 aromatic heterocycles. The van der Waals surface area contributed by atoms with Gasteiger partial charge in [-0.3, -0.25) is 0 Å². The summed E-state index contributed by atoms with van der Waals surface area (Å²) in [5, 5.41) is 18.1. The fourth-order valence-electron chi connectivity index (χ4n) is 3.46. The first-order valence-corrected chi connectivity index (χ1v) is 15.0. The topological polar surface area (TPSA) is 40.5 Å². The Kier molecular flexibility index (Phi) is 23.2. The molecule has 0 saturated heterocycles. The van der Waals surface area contributed by atoms with E-state index in [1.165, 1.54) is 33.4 Å². The zero-order chi connectivity index (χ0) is 31.6. The zero-order valence-electron chi connectivity index (χ0n) is 27.5. The van der Waals surface area contributed by atoms with Crippen molar-refractivity contribution in [3.8, 4) is 0 Å². The second-order valence-electron chi connectivity index (χ2n) is 11.0. The number of aliphatic hydroxyl groups is 2. The molecule has 2 heteroatoms. The van der Waals surface area contributed by atoms with Crippen LogP contribution in [0.25, 0.3) is 0 Å². The average molecular weight is 569 g/mol. The van der Waals surface area contributed by atoms with E-state index in [4.69, 9.17) is 10.2 Å². The van der Waals surface area contributed by atoms with Crippen LogP contribution < -0.4 is 0 Å². The van der Waals surface area contributed by atoms with E-state index in [9.17, 15) is 0 Å². The van der Waals surface area contributed by atoms with E-state index in [0.717, 1.165) is 36.8 Å². The average Bonchev–Trinajstić information content (AvgIpc) is 2.95. The Morgan fingerprint density at radius 3 is 0.976 bits per heavy atom. The van der Waals surface area contributed by atoms with Crippen molar-refractivity contribution in [1.29, 1.82) is 0 Å². The van der Waals surface area contributed by atoms with E-state index in [1.54, 1.807) is 0 Å². The molecule has 0 unspecified atom stereocenters. The Hall–Kier alpha value is -3.46. The molecule has 0 aromatic carbocycles. The summed E-state index contributed by atoms with van der Waals surface area (Å²) in [6, 6.07) is 0. The molecule has 0 aliphatic rings. The van der Waals surface area contributed by atoms with Crippen LogP contribution in [0.1, 0.15) is 81.1 Å². The summed E-state index contributed by atoms with van der Waals surface area (Å²) in [6.45, 7) is 16.9. The molecule has 228 valence electrons. The molecule has 0 aromatic rings. The van der Waals surface area contributed by atoms with E-state index in [-0.39, 0.29) is 13.2 Å². The summed E-state index contributed by atoms with van der Waals surface area (Å²) in [4.78, 5) is 0. The zero-order valence-corrected chi connectivity index (χ0v) is 27.5. The van der Waals surface area contributed by atoms with E-state index < -0.39 is 0 Å². The van der Waals surface area contributed by atoms with Gasteiger partial charge in [-0.05, 0) is 81.1 Å². The molecule has 0 rings (SSSR count). The summed E-state index contributed by atoms with van der Waals surface area (Å²) in [5.74, 6) is 0. The van der Waals surface area contributed by atoms with Gasteiger partial charge in [0.05, 0.1) is 13.2 Å². The number of rotatable bonds is 18. The number of hydrogen-bond donors (Lipinski definition) is 2. The van der Waals surface area contributed by atoms with Crippen molar-refractivity contribution < 1.29 is 10.2 Å². The first-order valence-electron chi connectivity index (χ1n) is 15.0. The molecule has 0 atom stereocenters. The van der Waals surface area contributed by atoms with Crippen molar-refractivity contribution in [2.75, 3.05) is 13.2 Å². The molecule has 0 spiro atoms. The molecule has 0 bridgehead atoms. The minimum absolute atomic E-state index is 0.141. The third kappa shape index (κ3) is 24.3. The molecule has 0 amide bonds. The molecule has 0 heterocycles. The van der Waals surface area contributed by atoms with Gasteiger partial charge in [-0.15, -0.1) is 0 Å². The molecule has 0 aliphatic carbocycles. The first-order chi connectivity index (χ1) is 20.1. The van der Waals surface area contributed by atoms with Gasteiger partial charge in [0.15, 0.2) is 0 Å². The lowest BCUT2D eigenvalue weighted by Crippen LogP contribution is -1.84. The van der Waals surface area contributed by atoms with Crippen molar-refractivity contribution in [2.24, 2.45) is 0 Å². The summed E-state index contributed by atoms with van der Waals surface area (Å²) in [5.41, 5.74) is 9.49. The SMILES string of the molecule is CC(C=CC=C(C)C=CC=C(C)CCC=C(C)CO)=CC=CC=C(C)C=CC=C(C)C=CC=C(C)CCC=C(C)CO. The maximum absolute atomic E-state index is 9.05. The number of allylic oxidation sites excluding steroid dienone is 24. The van der Waals surface area contributed by atoms with Gasteiger partial charge >= 0.3 is 0 Å². The maximum atomic E-state index is 9.05. The Morgan fingerprint density at radius 1 is 0.381 bits per heavy atom. The third-order valence-corrected chi connectivity index (χ3v) is 6.31. The van der Waals surface area contributed by atoms with Gasteiger partial charge in [-0.2, -0.15) is 0 Å². The minimum Gasteiger partial charge on any atom is -0.392 e. The standard InChI is InChI=1S/C40H56O2/c1-33(19-11-21-35(3)23-13-25-37(5)27-15-29-39(7)31-41)17-9-10-18-34(2)20-12-22-36(4)24-14-26-38(6)28-16-30-40(8)32-42/h9-14,17-26,29-30,41-42H,15-16,27-28,31-32H2,1-8H3. The fourth-order valence-corrected chi connectivity index (χ4v) is 3.46. The van der Waals surface area contributed by atoms with Gasteiger partial charge in [0.2, 0.25) is 0 Å². The number of aliphatic hydroxyl groups excluding tert-OH is 2. The van der Waals surface area contributed by atoms with Gasteiger partial charge < -0.3 is 10.2 Å². The highest BCUT2D eigenvalue weighted by Crippen LogP contribution is 2.09. The lowest BCUT2D eigenvalue weighted by Gasteiger charge is -1.98. The molecule has 2 nitrogen and oxygen atoms in total. The fraction of sp³-hybridized carbons (Fsp3) is 0.350. The van der Waals surface area contributed by atoms with Crippen LogP contribution in [0, 0.1) is 0 Å². The first kappa shape index (κ1) is 38.5. The second-order valence-corrected chi connectivity index (χ2v) is 11.0. The maximum Gasteiger partial charge on any atom is 0.0639 e. The van der Waals surface area contributed by atoms with Crippen LogP contribution >= 0.6 is 0 Å². The quantitative estimate of drug-likeness (QED) is 0.127. The summed E-state index contributed by atoms with van der Waals surface area (Å²) >= 11 is 0.